The predicted molar refractivity (Wildman–Crippen MR) is 89.5 cm³/mol. The van der Waals surface area contributed by atoms with Crippen molar-refractivity contribution in [1.82, 2.24) is 14.1 Å². The number of sulfonamides is 1. The Morgan fingerprint density at radius 2 is 2.04 bits per heavy atom. The van der Waals surface area contributed by atoms with Crippen LogP contribution in [0.25, 0.3) is 0 Å². The van der Waals surface area contributed by atoms with Gasteiger partial charge in [-0.1, -0.05) is 23.7 Å². The number of halogens is 1. The van der Waals surface area contributed by atoms with Gasteiger partial charge in [0.05, 0.1) is 23.3 Å². The summed E-state index contributed by atoms with van der Waals surface area (Å²) in [5.74, 6) is 0. The van der Waals surface area contributed by atoms with Crippen molar-refractivity contribution in [1.29, 1.82) is 0 Å². The smallest absolute Gasteiger partial charge is 0.287 e. The van der Waals surface area contributed by atoms with Crippen molar-refractivity contribution in [2.75, 3.05) is 26.5 Å². The first-order chi connectivity index (χ1) is 10.8. The third-order valence-electron chi connectivity index (χ3n) is 3.26. The van der Waals surface area contributed by atoms with Gasteiger partial charge in [-0.25, -0.2) is 17.4 Å². The monoisotopic (exact) mass is 356 g/mol. The summed E-state index contributed by atoms with van der Waals surface area (Å²) in [6.07, 6.45) is 1.45. The average Bonchev–Trinajstić information content (AvgIpc) is 2.52. The fourth-order valence-electron chi connectivity index (χ4n) is 1.94. The Bertz CT molecular complexity index is 878. The molecule has 1 N–H and O–H groups in total. The second-order valence-corrected chi connectivity index (χ2v) is 7.55. The topological polar surface area (TPSA) is 84.3 Å². The summed E-state index contributed by atoms with van der Waals surface area (Å²) in [6, 6.07) is 6.37. The summed E-state index contributed by atoms with van der Waals surface area (Å²) in [4.78, 5) is 12.3. The summed E-state index contributed by atoms with van der Waals surface area (Å²) in [7, 11) is 1.04. The van der Waals surface area contributed by atoms with E-state index < -0.39 is 15.6 Å². The van der Waals surface area contributed by atoms with E-state index in [4.69, 9.17) is 11.6 Å². The maximum Gasteiger partial charge on any atom is 0.287 e. The van der Waals surface area contributed by atoms with Crippen LogP contribution < -0.4 is 10.9 Å². The summed E-state index contributed by atoms with van der Waals surface area (Å²) < 4.78 is 26.6. The molecule has 0 aliphatic rings. The lowest BCUT2D eigenvalue weighted by atomic mass is 10.2. The van der Waals surface area contributed by atoms with E-state index in [1.807, 2.05) is 0 Å². The number of rotatable bonds is 5. The molecule has 0 amide bonds. The highest BCUT2D eigenvalue weighted by Gasteiger charge is 2.17. The van der Waals surface area contributed by atoms with Gasteiger partial charge in [0.1, 0.15) is 5.02 Å². The van der Waals surface area contributed by atoms with Crippen LogP contribution in [0.3, 0.4) is 0 Å². The van der Waals surface area contributed by atoms with E-state index in [0.29, 0.717) is 11.3 Å². The maximum atomic E-state index is 12.2. The van der Waals surface area contributed by atoms with Gasteiger partial charge in [0, 0.05) is 21.1 Å². The number of hydrogen-bond acceptors (Lipinski definition) is 5. The molecule has 0 radical (unpaired) electrons. The van der Waals surface area contributed by atoms with E-state index in [0.717, 1.165) is 4.31 Å². The maximum absolute atomic E-state index is 12.2. The van der Waals surface area contributed by atoms with Gasteiger partial charge < -0.3 is 5.32 Å². The van der Waals surface area contributed by atoms with Crippen LogP contribution in [0.5, 0.6) is 0 Å². The molecule has 1 aromatic carbocycles. The Morgan fingerprint density at radius 1 is 1.35 bits per heavy atom. The third kappa shape index (κ3) is 3.54. The number of nitrogens with zero attached hydrogens (tertiary/aromatic N) is 3. The highest BCUT2D eigenvalue weighted by atomic mass is 35.5. The van der Waals surface area contributed by atoms with Crippen LogP contribution in [0.4, 0.5) is 5.69 Å². The standard InChI is InChI=1S/C14H17ClN4O3S/c1-16-12-8-17-19(14(20)13(12)15)9-10-5-4-6-11(7-10)23(21,22)18(2)3/h4-8,16H,9H2,1-3H3. The molecule has 0 saturated carbocycles. The first-order valence-electron chi connectivity index (χ1n) is 6.72. The molecule has 7 nitrogen and oxygen atoms in total. The summed E-state index contributed by atoms with van der Waals surface area (Å²) in [5, 5.41) is 6.85. The van der Waals surface area contributed by atoms with Crippen LogP contribution in [0.15, 0.2) is 40.2 Å². The van der Waals surface area contributed by atoms with Crippen LogP contribution in [0.2, 0.25) is 5.02 Å². The fraction of sp³-hybridized carbons (Fsp3) is 0.286. The largest absolute Gasteiger partial charge is 0.385 e. The number of nitrogens with one attached hydrogen (secondary N) is 1. The summed E-state index contributed by atoms with van der Waals surface area (Å²) in [5.41, 5.74) is 0.632. The van der Waals surface area contributed by atoms with Gasteiger partial charge in [0.2, 0.25) is 10.0 Å². The quantitative estimate of drug-likeness (QED) is 0.871. The Kier molecular flexibility index (Phi) is 5.08. The van der Waals surface area contributed by atoms with E-state index in [1.165, 1.54) is 37.1 Å². The van der Waals surface area contributed by atoms with Gasteiger partial charge in [-0.05, 0) is 17.7 Å². The average molecular weight is 357 g/mol. The molecule has 0 aliphatic carbocycles. The zero-order valence-corrected chi connectivity index (χ0v) is 14.5. The first kappa shape index (κ1) is 17.5. The molecule has 124 valence electrons. The van der Waals surface area contributed by atoms with Crippen LogP contribution in [0, 0.1) is 0 Å². The molecule has 0 spiro atoms. The molecule has 0 bridgehead atoms. The van der Waals surface area contributed by atoms with Gasteiger partial charge in [-0.15, -0.1) is 0 Å². The molecule has 0 fully saturated rings. The van der Waals surface area contributed by atoms with Crippen molar-refractivity contribution in [3.63, 3.8) is 0 Å². The molecular formula is C14H17ClN4O3S. The molecule has 0 saturated heterocycles. The third-order valence-corrected chi connectivity index (χ3v) is 5.44. The molecule has 0 unspecified atom stereocenters. The van der Waals surface area contributed by atoms with Crippen molar-refractivity contribution in [3.05, 3.63) is 51.4 Å². The molecule has 23 heavy (non-hydrogen) atoms. The molecular weight excluding hydrogens is 340 g/mol. The van der Waals surface area contributed by atoms with Crippen LogP contribution in [-0.4, -0.2) is 43.6 Å². The van der Waals surface area contributed by atoms with Crippen LogP contribution in [0.1, 0.15) is 5.56 Å². The van der Waals surface area contributed by atoms with Gasteiger partial charge in [-0.2, -0.15) is 5.10 Å². The van der Waals surface area contributed by atoms with E-state index in [9.17, 15) is 13.2 Å². The fourth-order valence-corrected chi connectivity index (χ4v) is 3.15. The van der Waals surface area contributed by atoms with Crippen molar-refractivity contribution in [3.8, 4) is 0 Å². The SMILES string of the molecule is CNc1cnn(Cc2cccc(S(=O)(=O)N(C)C)c2)c(=O)c1Cl. The van der Waals surface area contributed by atoms with Crippen molar-refractivity contribution < 1.29 is 8.42 Å². The number of anilines is 1. The summed E-state index contributed by atoms with van der Waals surface area (Å²) >= 11 is 5.97. The zero-order chi connectivity index (χ0) is 17.2. The molecule has 1 aromatic heterocycles. The number of benzene rings is 1. The molecule has 0 aliphatic heterocycles. The molecule has 1 heterocycles. The van der Waals surface area contributed by atoms with Gasteiger partial charge in [0.15, 0.2) is 0 Å². The highest BCUT2D eigenvalue weighted by molar-refractivity contribution is 7.89. The highest BCUT2D eigenvalue weighted by Crippen LogP contribution is 2.17. The Labute approximate surface area is 139 Å². The van der Waals surface area contributed by atoms with E-state index in [1.54, 1.807) is 19.2 Å². The van der Waals surface area contributed by atoms with Crippen molar-refractivity contribution >= 4 is 27.3 Å². The number of aromatic nitrogens is 2. The first-order valence-corrected chi connectivity index (χ1v) is 8.54. The second-order valence-electron chi connectivity index (χ2n) is 5.02. The van der Waals surface area contributed by atoms with Gasteiger partial charge >= 0.3 is 0 Å². The Hall–Kier alpha value is -1.90. The predicted octanol–water partition coefficient (Wildman–Crippen LogP) is 1.24. The minimum Gasteiger partial charge on any atom is -0.385 e. The number of hydrogen-bond donors (Lipinski definition) is 1. The van der Waals surface area contributed by atoms with Crippen LogP contribution >= 0.6 is 11.6 Å². The van der Waals surface area contributed by atoms with E-state index in [2.05, 4.69) is 10.4 Å². The van der Waals surface area contributed by atoms with E-state index in [-0.39, 0.29) is 16.5 Å². The van der Waals surface area contributed by atoms with Gasteiger partial charge in [-0.3, -0.25) is 4.79 Å². The molecule has 9 heteroatoms. The lowest BCUT2D eigenvalue weighted by Gasteiger charge is -2.13. The minimum atomic E-state index is -3.53. The van der Waals surface area contributed by atoms with Gasteiger partial charge in [0.25, 0.3) is 5.56 Å². The lowest BCUT2D eigenvalue weighted by molar-refractivity contribution is 0.520. The normalized spacial score (nSPS) is 11.7. The molecule has 2 aromatic rings. The zero-order valence-electron chi connectivity index (χ0n) is 12.9. The molecule has 2 rings (SSSR count). The Balaban J connectivity index is 2.40. The summed E-state index contributed by atoms with van der Waals surface area (Å²) in [6.45, 7) is 0.124. The van der Waals surface area contributed by atoms with Crippen molar-refractivity contribution in [2.45, 2.75) is 11.4 Å². The lowest BCUT2D eigenvalue weighted by Crippen LogP contribution is -2.25. The molecule has 0 atom stereocenters. The van der Waals surface area contributed by atoms with E-state index >= 15 is 0 Å². The second kappa shape index (κ2) is 6.69. The van der Waals surface area contributed by atoms with Crippen LogP contribution in [-0.2, 0) is 16.6 Å². The Morgan fingerprint density at radius 3 is 2.65 bits per heavy atom. The van der Waals surface area contributed by atoms with Crippen molar-refractivity contribution in [2.24, 2.45) is 0 Å². The minimum absolute atomic E-state index is 0.0413.